The van der Waals surface area contributed by atoms with Gasteiger partial charge in [0.2, 0.25) is 5.16 Å². The van der Waals surface area contributed by atoms with Gasteiger partial charge in [-0.05, 0) is 35.7 Å². The maximum Gasteiger partial charge on any atom is 0.253 e. The quantitative estimate of drug-likeness (QED) is 0.399. The molecule has 1 aliphatic rings. The molecule has 4 aromatic rings. The van der Waals surface area contributed by atoms with Crippen LogP contribution in [0.25, 0.3) is 5.78 Å². The third kappa shape index (κ3) is 4.03. The lowest BCUT2D eigenvalue weighted by molar-refractivity contribution is 0.0962. The minimum Gasteiger partial charge on any atom is -0.496 e. The fourth-order valence-corrected chi connectivity index (χ4v) is 4.90. The van der Waals surface area contributed by atoms with Gasteiger partial charge < -0.3 is 4.74 Å². The first-order chi connectivity index (χ1) is 15.1. The van der Waals surface area contributed by atoms with Gasteiger partial charge in [-0.3, -0.25) is 4.79 Å². The third-order valence-electron chi connectivity index (χ3n) is 5.40. The number of hydrogen-bond acceptors (Lipinski definition) is 6. The van der Waals surface area contributed by atoms with Crippen molar-refractivity contribution in [1.82, 2.24) is 19.6 Å². The number of benzene rings is 2. The van der Waals surface area contributed by atoms with Gasteiger partial charge in [-0.15, -0.1) is 5.10 Å². The lowest BCUT2D eigenvalue weighted by Gasteiger charge is -2.24. The molecule has 1 unspecified atom stereocenters. The zero-order valence-electron chi connectivity index (χ0n) is 16.8. The summed E-state index contributed by atoms with van der Waals surface area (Å²) >= 11 is 7.57. The smallest absolute Gasteiger partial charge is 0.253 e. The predicted octanol–water partition coefficient (Wildman–Crippen LogP) is 4.99. The number of ketones is 1. The first-order valence-electron chi connectivity index (χ1n) is 9.90. The van der Waals surface area contributed by atoms with Crippen molar-refractivity contribution in [3.05, 3.63) is 82.1 Å². The van der Waals surface area contributed by atoms with Gasteiger partial charge in [0, 0.05) is 29.3 Å². The van der Waals surface area contributed by atoms with Crippen molar-refractivity contribution in [2.75, 3.05) is 7.11 Å². The molecule has 1 atom stereocenters. The van der Waals surface area contributed by atoms with E-state index in [-0.39, 0.29) is 11.7 Å². The van der Waals surface area contributed by atoms with Gasteiger partial charge >= 0.3 is 0 Å². The number of carbonyl (C=O) groups excluding carboxylic acids is 1. The van der Waals surface area contributed by atoms with Gasteiger partial charge in [0.05, 0.1) is 18.4 Å². The summed E-state index contributed by atoms with van der Waals surface area (Å²) in [5.74, 6) is 2.10. The average molecular weight is 451 g/mol. The van der Waals surface area contributed by atoms with Crippen LogP contribution >= 0.6 is 23.4 Å². The monoisotopic (exact) mass is 450 g/mol. The van der Waals surface area contributed by atoms with Crippen LogP contribution in [-0.2, 0) is 12.2 Å². The van der Waals surface area contributed by atoms with Crippen molar-refractivity contribution >= 4 is 34.9 Å². The predicted molar refractivity (Wildman–Crippen MR) is 120 cm³/mol. The second-order valence-corrected chi connectivity index (χ2v) is 8.81. The highest BCUT2D eigenvalue weighted by Crippen LogP contribution is 2.36. The van der Waals surface area contributed by atoms with Crippen LogP contribution < -0.4 is 4.74 Å². The number of aromatic nitrogens is 4. The molecule has 0 bridgehead atoms. The minimum absolute atomic E-state index is 0.0331. The van der Waals surface area contributed by atoms with E-state index in [1.165, 1.54) is 11.8 Å². The Balaban J connectivity index is 1.42. The zero-order chi connectivity index (χ0) is 21.4. The third-order valence-corrected chi connectivity index (χ3v) is 6.54. The molecule has 0 amide bonds. The van der Waals surface area contributed by atoms with Crippen LogP contribution in [0.1, 0.15) is 39.5 Å². The molecular formula is C23H19ClN4O2S. The van der Waals surface area contributed by atoms with Gasteiger partial charge in [0.15, 0.2) is 5.78 Å². The SMILES string of the molecule is COc1ccccc1C1CC(=O)c2cn3nc(SCc4cccc(Cl)c4)nc3nc2C1. The number of para-hydroxylation sites is 1. The number of thioether (sulfide) groups is 1. The number of ether oxygens (including phenoxy) is 1. The maximum atomic E-state index is 12.9. The average Bonchev–Trinajstić information content (AvgIpc) is 3.18. The molecule has 2 aromatic carbocycles. The zero-order valence-corrected chi connectivity index (χ0v) is 18.4. The Morgan fingerprint density at radius 1 is 1.16 bits per heavy atom. The topological polar surface area (TPSA) is 69.4 Å². The largest absolute Gasteiger partial charge is 0.496 e. The number of halogens is 1. The second-order valence-electron chi connectivity index (χ2n) is 7.43. The van der Waals surface area contributed by atoms with Gasteiger partial charge in [0.1, 0.15) is 5.75 Å². The Kier molecular flexibility index (Phi) is 5.38. The first-order valence-corrected chi connectivity index (χ1v) is 11.3. The number of methoxy groups -OCH3 is 1. The first kappa shape index (κ1) is 20.0. The number of carbonyl (C=O) groups is 1. The molecular weight excluding hydrogens is 432 g/mol. The highest BCUT2D eigenvalue weighted by atomic mass is 35.5. The van der Waals surface area contributed by atoms with Crippen molar-refractivity contribution < 1.29 is 9.53 Å². The molecule has 0 N–H and O–H groups in total. The number of rotatable bonds is 5. The Hall–Kier alpha value is -2.90. The van der Waals surface area contributed by atoms with E-state index in [0.29, 0.717) is 40.1 Å². The Labute approximate surface area is 188 Å². The summed E-state index contributed by atoms with van der Waals surface area (Å²) in [5, 5.41) is 5.82. The molecule has 5 rings (SSSR count). The van der Waals surface area contributed by atoms with E-state index in [2.05, 4.69) is 15.1 Å². The highest BCUT2D eigenvalue weighted by molar-refractivity contribution is 7.98. The highest BCUT2D eigenvalue weighted by Gasteiger charge is 2.30. The van der Waals surface area contributed by atoms with E-state index in [1.807, 2.05) is 48.5 Å². The molecule has 2 aromatic heterocycles. The molecule has 0 saturated carbocycles. The maximum absolute atomic E-state index is 12.9. The lowest BCUT2D eigenvalue weighted by atomic mass is 9.82. The Morgan fingerprint density at radius 3 is 2.87 bits per heavy atom. The summed E-state index contributed by atoms with van der Waals surface area (Å²) in [6.07, 6.45) is 2.84. The molecule has 0 fully saturated rings. The molecule has 0 saturated heterocycles. The van der Waals surface area contributed by atoms with Crippen LogP contribution in [0, 0.1) is 0 Å². The summed E-state index contributed by atoms with van der Waals surface area (Å²) in [6.45, 7) is 0. The molecule has 6 nitrogen and oxygen atoms in total. The van der Waals surface area contributed by atoms with Crippen molar-refractivity contribution in [1.29, 1.82) is 0 Å². The van der Waals surface area contributed by atoms with E-state index in [4.69, 9.17) is 16.3 Å². The lowest BCUT2D eigenvalue weighted by Crippen LogP contribution is -2.21. The van der Waals surface area contributed by atoms with Crippen LogP contribution in [0.3, 0.4) is 0 Å². The Bertz CT molecular complexity index is 1290. The van der Waals surface area contributed by atoms with E-state index >= 15 is 0 Å². The van der Waals surface area contributed by atoms with E-state index in [1.54, 1.807) is 17.8 Å². The molecule has 1 aliphatic carbocycles. The number of nitrogens with zero attached hydrogens (tertiary/aromatic N) is 4. The van der Waals surface area contributed by atoms with Crippen LogP contribution in [0.4, 0.5) is 0 Å². The van der Waals surface area contributed by atoms with Gasteiger partial charge in [-0.1, -0.05) is 53.7 Å². The number of Topliss-reactive ketones (excluding diaryl/α,β-unsaturated/α-hetero) is 1. The standard InChI is InChI=1S/C23H19ClN4O2S/c1-30-21-8-3-2-7-17(21)15-10-19-18(20(29)11-15)12-28-22(25-19)26-23(27-28)31-13-14-5-4-6-16(24)9-14/h2-9,12,15H,10-11,13H2,1H3. The second kappa shape index (κ2) is 8.32. The normalized spacial score (nSPS) is 15.8. The summed E-state index contributed by atoms with van der Waals surface area (Å²) in [6, 6.07) is 15.6. The Morgan fingerprint density at radius 2 is 2.03 bits per heavy atom. The van der Waals surface area contributed by atoms with E-state index in [0.717, 1.165) is 22.6 Å². The number of fused-ring (bicyclic) bond motifs is 2. The molecule has 0 spiro atoms. The molecule has 156 valence electrons. The van der Waals surface area contributed by atoms with Crippen molar-refractivity contribution in [2.45, 2.75) is 29.7 Å². The van der Waals surface area contributed by atoms with Crippen molar-refractivity contribution in [3.8, 4) is 5.75 Å². The molecule has 0 radical (unpaired) electrons. The van der Waals surface area contributed by atoms with Gasteiger partial charge in [-0.2, -0.15) is 4.98 Å². The summed E-state index contributed by atoms with van der Waals surface area (Å²) in [7, 11) is 1.65. The number of hydrogen-bond donors (Lipinski definition) is 0. The molecule has 0 aliphatic heterocycles. The van der Waals surface area contributed by atoms with E-state index < -0.39 is 0 Å². The molecule has 8 heteroatoms. The van der Waals surface area contributed by atoms with Crippen LogP contribution in [0.15, 0.2) is 59.9 Å². The van der Waals surface area contributed by atoms with Crippen LogP contribution in [0.2, 0.25) is 5.02 Å². The van der Waals surface area contributed by atoms with Crippen molar-refractivity contribution in [3.63, 3.8) is 0 Å². The van der Waals surface area contributed by atoms with Crippen molar-refractivity contribution in [2.24, 2.45) is 0 Å². The van der Waals surface area contributed by atoms with Gasteiger partial charge in [0.25, 0.3) is 5.78 Å². The summed E-state index contributed by atoms with van der Waals surface area (Å²) in [5.41, 5.74) is 3.51. The fourth-order valence-electron chi connectivity index (χ4n) is 3.92. The van der Waals surface area contributed by atoms with E-state index in [9.17, 15) is 4.79 Å². The van der Waals surface area contributed by atoms with Gasteiger partial charge in [-0.25, -0.2) is 9.50 Å². The summed E-state index contributed by atoms with van der Waals surface area (Å²) < 4.78 is 7.09. The molecule has 31 heavy (non-hydrogen) atoms. The minimum atomic E-state index is 0.0331. The van der Waals surface area contributed by atoms with Crippen LogP contribution in [0.5, 0.6) is 5.75 Å². The molecule has 2 heterocycles. The van der Waals surface area contributed by atoms with Crippen LogP contribution in [-0.4, -0.2) is 32.5 Å². The fraction of sp³-hybridized carbons (Fsp3) is 0.217. The summed E-state index contributed by atoms with van der Waals surface area (Å²) in [4.78, 5) is 22.1.